The summed E-state index contributed by atoms with van der Waals surface area (Å²) < 4.78 is 31.0. The van der Waals surface area contributed by atoms with Crippen molar-refractivity contribution in [3.05, 3.63) is 77.6 Å². The molecule has 0 saturated heterocycles. The van der Waals surface area contributed by atoms with Gasteiger partial charge < -0.3 is 0 Å². The summed E-state index contributed by atoms with van der Waals surface area (Å²) in [6, 6.07) is 5.68. The van der Waals surface area contributed by atoms with Crippen LogP contribution in [0.25, 0.3) is 22.5 Å². The molecule has 3 heterocycles. The number of nitrogens with zero attached hydrogens (tertiary/aromatic N) is 6. The topological polar surface area (TPSA) is 69.4 Å². The second-order valence-corrected chi connectivity index (χ2v) is 11.1. The van der Waals surface area contributed by atoms with Crippen molar-refractivity contribution in [2.75, 3.05) is 0 Å². The van der Waals surface area contributed by atoms with E-state index >= 15 is 0 Å². The molecule has 0 unspecified atom stereocenters. The molecule has 37 heavy (non-hydrogen) atoms. The average molecular weight is 501 g/mol. The SMILES string of the molecule is CC[C@@H](C)Cn1cc(-c2cncc([C@@]34CC[C@@H](c5cc(-c6c(F)cccc6F)nnc53)C4(C)C)n2)cn1. The number of fused-ring (bicyclic) bond motifs is 5. The summed E-state index contributed by atoms with van der Waals surface area (Å²) in [4.78, 5) is 9.69. The van der Waals surface area contributed by atoms with Gasteiger partial charge in [-0.15, -0.1) is 5.10 Å². The summed E-state index contributed by atoms with van der Waals surface area (Å²) in [5.74, 6) is -0.565. The molecule has 0 spiro atoms. The zero-order valence-electron chi connectivity index (χ0n) is 21.5. The molecule has 1 saturated carbocycles. The molecule has 190 valence electrons. The van der Waals surface area contributed by atoms with Crippen molar-refractivity contribution in [1.82, 2.24) is 29.9 Å². The first kappa shape index (κ1) is 23.8. The van der Waals surface area contributed by atoms with E-state index in [1.165, 1.54) is 18.2 Å². The minimum absolute atomic E-state index is 0.136. The number of hydrogen-bond donors (Lipinski definition) is 0. The summed E-state index contributed by atoms with van der Waals surface area (Å²) in [5.41, 5.74) is 3.77. The maximum atomic E-state index is 14.5. The molecule has 2 aliphatic carbocycles. The second-order valence-electron chi connectivity index (χ2n) is 11.1. The smallest absolute Gasteiger partial charge is 0.135 e. The van der Waals surface area contributed by atoms with Crippen LogP contribution in [0.15, 0.2) is 49.1 Å². The van der Waals surface area contributed by atoms with Crippen LogP contribution in [0.2, 0.25) is 0 Å². The lowest BCUT2D eigenvalue weighted by Gasteiger charge is -2.37. The molecule has 1 fully saturated rings. The molecule has 8 heteroatoms. The highest BCUT2D eigenvalue weighted by Crippen LogP contribution is 2.69. The van der Waals surface area contributed by atoms with E-state index in [-0.39, 0.29) is 22.6 Å². The van der Waals surface area contributed by atoms with Crippen LogP contribution in [0.3, 0.4) is 0 Å². The third-order valence-electron chi connectivity index (χ3n) is 8.80. The van der Waals surface area contributed by atoms with E-state index < -0.39 is 17.0 Å². The number of hydrogen-bond acceptors (Lipinski definition) is 5. The van der Waals surface area contributed by atoms with Gasteiger partial charge in [0.15, 0.2) is 0 Å². The van der Waals surface area contributed by atoms with Gasteiger partial charge in [-0.2, -0.15) is 10.2 Å². The van der Waals surface area contributed by atoms with Crippen LogP contribution in [0.1, 0.15) is 69.8 Å². The quantitative estimate of drug-likeness (QED) is 0.310. The predicted molar refractivity (Wildman–Crippen MR) is 137 cm³/mol. The molecule has 6 rings (SSSR count). The summed E-state index contributed by atoms with van der Waals surface area (Å²) in [5, 5.41) is 13.5. The normalized spacial score (nSPS) is 22.3. The Morgan fingerprint density at radius 1 is 1.08 bits per heavy atom. The molecule has 0 N–H and O–H groups in total. The summed E-state index contributed by atoms with van der Waals surface area (Å²) in [6.07, 6.45) is 10.4. The van der Waals surface area contributed by atoms with E-state index in [4.69, 9.17) is 4.98 Å². The van der Waals surface area contributed by atoms with Crippen LogP contribution in [-0.2, 0) is 12.0 Å². The Labute approximate surface area is 215 Å². The van der Waals surface area contributed by atoms with E-state index in [1.54, 1.807) is 6.20 Å². The van der Waals surface area contributed by atoms with Crippen LogP contribution in [0, 0.1) is 23.0 Å². The molecular formula is C29H30F2N6. The molecule has 1 aromatic carbocycles. The van der Waals surface area contributed by atoms with E-state index in [9.17, 15) is 8.78 Å². The highest BCUT2D eigenvalue weighted by molar-refractivity contribution is 5.64. The Kier molecular flexibility index (Phi) is 5.47. The van der Waals surface area contributed by atoms with Crippen molar-refractivity contribution in [2.45, 2.75) is 64.8 Å². The fourth-order valence-electron chi connectivity index (χ4n) is 6.51. The lowest BCUT2D eigenvalue weighted by Crippen LogP contribution is -2.38. The first-order chi connectivity index (χ1) is 17.8. The van der Waals surface area contributed by atoms with Crippen molar-refractivity contribution >= 4 is 0 Å². The van der Waals surface area contributed by atoms with Crippen LogP contribution < -0.4 is 0 Å². The average Bonchev–Trinajstić information content (AvgIpc) is 3.51. The van der Waals surface area contributed by atoms with Crippen molar-refractivity contribution in [3.63, 3.8) is 0 Å². The molecule has 4 aromatic rings. The van der Waals surface area contributed by atoms with Crippen molar-refractivity contribution in [1.29, 1.82) is 0 Å². The summed E-state index contributed by atoms with van der Waals surface area (Å²) in [7, 11) is 0. The first-order valence-corrected chi connectivity index (χ1v) is 12.9. The van der Waals surface area contributed by atoms with Crippen molar-refractivity contribution < 1.29 is 8.78 Å². The van der Waals surface area contributed by atoms with Crippen LogP contribution in [0.5, 0.6) is 0 Å². The van der Waals surface area contributed by atoms with Gasteiger partial charge in [0.1, 0.15) is 11.6 Å². The predicted octanol–water partition coefficient (Wildman–Crippen LogP) is 6.32. The van der Waals surface area contributed by atoms with Crippen LogP contribution in [-0.4, -0.2) is 29.9 Å². The van der Waals surface area contributed by atoms with Gasteiger partial charge in [0, 0.05) is 24.5 Å². The van der Waals surface area contributed by atoms with Crippen molar-refractivity contribution in [2.24, 2.45) is 11.3 Å². The van der Waals surface area contributed by atoms with E-state index in [2.05, 4.69) is 48.0 Å². The van der Waals surface area contributed by atoms with Gasteiger partial charge in [-0.05, 0) is 53.9 Å². The van der Waals surface area contributed by atoms with Gasteiger partial charge in [-0.25, -0.2) is 13.8 Å². The minimum Gasteiger partial charge on any atom is -0.272 e. The van der Waals surface area contributed by atoms with E-state index in [1.807, 2.05) is 29.3 Å². The van der Waals surface area contributed by atoms with Gasteiger partial charge in [0.2, 0.25) is 0 Å². The molecule has 0 aliphatic heterocycles. The summed E-state index contributed by atoms with van der Waals surface area (Å²) in [6.45, 7) is 9.71. The molecular weight excluding hydrogens is 470 g/mol. The number of rotatable bonds is 6. The zero-order valence-corrected chi connectivity index (χ0v) is 21.5. The Morgan fingerprint density at radius 3 is 2.62 bits per heavy atom. The lowest BCUT2D eigenvalue weighted by atomic mass is 9.66. The van der Waals surface area contributed by atoms with Crippen molar-refractivity contribution in [3.8, 4) is 22.5 Å². The molecule has 2 bridgehead atoms. The van der Waals surface area contributed by atoms with Gasteiger partial charge in [0.05, 0.1) is 46.1 Å². The van der Waals surface area contributed by atoms with Crippen LogP contribution >= 0.6 is 0 Å². The molecule has 3 aromatic heterocycles. The zero-order chi connectivity index (χ0) is 25.9. The first-order valence-electron chi connectivity index (χ1n) is 12.9. The summed E-state index contributed by atoms with van der Waals surface area (Å²) >= 11 is 0. The third kappa shape index (κ3) is 3.45. The minimum atomic E-state index is -0.640. The molecule has 3 atom stereocenters. The lowest BCUT2D eigenvalue weighted by molar-refractivity contribution is 0.242. The molecule has 2 aliphatic rings. The maximum Gasteiger partial charge on any atom is 0.135 e. The third-order valence-corrected chi connectivity index (χ3v) is 8.80. The fourth-order valence-corrected chi connectivity index (χ4v) is 6.51. The Hall–Kier alpha value is -3.55. The van der Waals surface area contributed by atoms with Gasteiger partial charge >= 0.3 is 0 Å². The second kappa shape index (κ2) is 8.50. The monoisotopic (exact) mass is 500 g/mol. The highest BCUT2D eigenvalue weighted by atomic mass is 19.1. The van der Waals surface area contributed by atoms with E-state index in [0.29, 0.717) is 5.92 Å². The fraction of sp³-hybridized carbons (Fsp3) is 0.414. The Morgan fingerprint density at radius 2 is 1.86 bits per heavy atom. The number of aromatic nitrogens is 6. The maximum absolute atomic E-state index is 14.5. The highest BCUT2D eigenvalue weighted by Gasteiger charge is 2.65. The van der Waals surface area contributed by atoms with Gasteiger partial charge in [-0.1, -0.05) is 40.2 Å². The van der Waals surface area contributed by atoms with Gasteiger partial charge in [-0.3, -0.25) is 9.67 Å². The molecule has 6 nitrogen and oxygen atoms in total. The molecule has 0 amide bonds. The largest absolute Gasteiger partial charge is 0.272 e. The Bertz CT molecular complexity index is 1480. The molecule has 0 radical (unpaired) electrons. The standard InChI is InChI=1S/C29H30F2N6/c1-5-17(2)15-37-16-18(12-33-37)24-13-32-14-25(34-24)29-10-9-20(28(29,3)4)19-11-23(35-36-27(19)29)26-21(30)7-6-8-22(26)31/h6-8,11-14,16-17,20H,5,9-10,15H2,1-4H3/t17-,20+,29+/m1/s1. The van der Waals surface area contributed by atoms with Gasteiger partial charge in [0.25, 0.3) is 0 Å². The number of halogens is 2. The number of benzene rings is 1. The Balaban J connectivity index is 1.43. The van der Waals surface area contributed by atoms with E-state index in [0.717, 1.165) is 54.0 Å². The van der Waals surface area contributed by atoms with Crippen LogP contribution in [0.4, 0.5) is 8.78 Å².